The Labute approximate surface area is 106 Å². The van der Waals surface area contributed by atoms with Gasteiger partial charge in [-0.05, 0) is 30.5 Å². The molecule has 0 radical (unpaired) electrons. The molecule has 0 aliphatic carbocycles. The standard InChI is InChI=1S/C13H21NO2S/c1-10(2)9-16-7-8-17(15)13-6-4-5-12(14)11(13)3/h4-6,10H,7-9,14H2,1-3H3. The van der Waals surface area contributed by atoms with Gasteiger partial charge >= 0.3 is 0 Å². The summed E-state index contributed by atoms with van der Waals surface area (Å²) in [5.74, 6) is 1.04. The van der Waals surface area contributed by atoms with Crippen LogP contribution < -0.4 is 5.73 Å². The van der Waals surface area contributed by atoms with Crippen LogP contribution in [0.2, 0.25) is 0 Å². The van der Waals surface area contributed by atoms with Crippen molar-refractivity contribution in [3.8, 4) is 0 Å². The monoisotopic (exact) mass is 255 g/mol. The van der Waals surface area contributed by atoms with Crippen LogP contribution in [0.15, 0.2) is 23.1 Å². The van der Waals surface area contributed by atoms with Crippen LogP contribution in [-0.4, -0.2) is 23.2 Å². The average Bonchev–Trinajstić information content (AvgIpc) is 2.27. The highest BCUT2D eigenvalue weighted by molar-refractivity contribution is 7.85. The normalized spacial score (nSPS) is 12.9. The Morgan fingerprint density at radius 2 is 2.12 bits per heavy atom. The van der Waals surface area contributed by atoms with Crippen molar-refractivity contribution in [3.63, 3.8) is 0 Å². The minimum atomic E-state index is -1.02. The third-order valence-electron chi connectivity index (χ3n) is 2.44. The molecule has 2 N–H and O–H groups in total. The van der Waals surface area contributed by atoms with Crippen LogP contribution in [0.1, 0.15) is 19.4 Å². The molecule has 96 valence electrons. The zero-order chi connectivity index (χ0) is 12.8. The molecule has 1 rings (SSSR count). The van der Waals surface area contributed by atoms with Crippen LogP contribution in [0.25, 0.3) is 0 Å². The van der Waals surface area contributed by atoms with Crippen LogP contribution in [0.4, 0.5) is 5.69 Å². The van der Waals surface area contributed by atoms with Gasteiger partial charge in [0.05, 0.1) is 23.2 Å². The summed E-state index contributed by atoms with van der Waals surface area (Å²) >= 11 is 0. The van der Waals surface area contributed by atoms with Gasteiger partial charge < -0.3 is 10.5 Å². The molecule has 1 aromatic rings. The first-order chi connectivity index (χ1) is 8.02. The molecule has 0 heterocycles. The van der Waals surface area contributed by atoms with Crippen molar-refractivity contribution < 1.29 is 8.95 Å². The Balaban J connectivity index is 2.50. The molecule has 0 aliphatic rings. The summed E-state index contributed by atoms with van der Waals surface area (Å²) in [4.78, 5) is 0.818. The molecule has 0 saturated carbocycles. The van der Waals surface area contributed by atoms with Gasteiger partial charge in [0.2, 0.25) is 0 Å². The molecule has 0 aliphatic heterocycles. The van der Waals surface area contributed by atoms with Gasteiger partial charge in [0, 0.05) is 17.2 Å². The number of nitrogen functional groups attached to an aromatic ring is 1. The van der Waals surface area contributed by atoms with Crippen LogP contribution in [-0.2, 0) is 15.5 Å². The van der Waals surface area contributed by atoms with E-state index in [1.54, 1.807) is 0 Å². The van der Waals surface area contributed by atoms with Crippen molar-refractivity contribution in [2.75, 3.05) is 24.7 Å². The van der Waals surface area contributed by atoms with E-state index in [-0.39, 0.29) is 0 Å². The van der Waals surface area contributed by atoms with Crippen LogP contribution in [0, 0.1) is 12.8 Å². The maximum Gasteiger partial charge on any atom is 0.0585 e. The highest BCUT2D eigenvalue weighted by Crippen LogP contribution is 2.19. The van der Waals surface area contributed by atoms with Crippen molar-refractivity contribution in [2.45, 2.75) is 25.7 Å². The maximum atomic E-state index is 12.0. The molecule has 0 aromatic heterocycles. The van der Waals surface area contributed by atoms with Gasteiger partial charge in [0.1, 0.15) is 0 Å². The summed E-state index contributed by atoms with van der Waals surface area (Å²) in [6.07, 6.45) is 0. The number of benzene rings is 1. The van der Waals surface area contributed by atoms with Gasteiger partial charge in [0.25, 0.3) is 0 Å². The van der Waals surface area contributed by atoms with Gasteiger partial charge in [-0.2, -0.15) is 0 Å². The van der Waals surface area contributed by atoms with Gasteiger partial charge in [-0.25, -0.2) is 0 Å². The highest BCUT2D eigenvalue weighted by atomic mass is 32.2. The van der Waals surface area contributed by atoms with E-state index in [1.807, 2.05) is 25.1 Å². The minimum Gasteiger partial charge on any atom is -0.398 e. The van der Waals surface area contributed by atoms with E-state index in [0.29, 0.717) is 30.6 Å². The average molecular weight is 255 g/mol. The van der Waals surface area contributed by atoms with Gasteiger partial charge in [-0.1, -0.05) is 19.9 Å². The quantitative estimate of drug-likeness (QED) is 0.627. The fourth-order valence-corrected chi connectivity index (χ4v) is 2.62. The molecule has 0 bridgehead atoms. The predicted octanol–water partition coefficient (Wildman–Crippen LogP) is 2.36. The van der Waals surface area contributed by atoms with E-state index >= 15 is 0 Å². The SMILES string of the molecule is Cc1c(N)cccc1S(=O)CCOCC(C)C. The Bertz CT molecular complexity index is 391. The molecule has 1 atom stereocenters. The lowest BCUT2D eigenvalue weighted by molar-refractivity contribution is 0.123. The Morgan fingerprint density at radius 3 is 2.76 bits per heavy atom. The molecular formula is C13H21NO2S. The van der Waals surface area contributed by atoms with Gasteiger partial charge in [-0.3, -0.25) is 4.21 Å². The molecule has 0 fully saturated rings. The Kier molecular flexibility index (Phi) is 5.65. The summed E-state index contributed by atoms with van der Waals surface area (Å²) in [5, 5.41) is 0. The highest BCUT2D eigenvalue weighted by Gasteiger charge is 2.08. The Hall–Kier alpha value is -0.870. The van der Waals surface area contributed by atoms with E-state index < -0.39 is 10.8 Å². The van der Waals surface area contributed by atoms with Crippen molar-refractivity contribution in [1.29, 1.82) is 0 Å². The van der Waals surface area contributed by atoms with E-state index in [1.165, 1.54) is 0 Å². The summed E-state index contributed by atoms with van der Waals surface area (Å²) in [7, 11) is -1.02. The largest absolute Gasteiger partial charge is 0.398 e. The fraction of sp³-hybridized carbons (Fsp3) is 0.538. The number of hydrogen-bond donors (Lipinski definition) is 1. The third-order valence-corrected chi connectivity index (χ3v) is 3.91. The molecule has 17 heavy (non-hydrogen) atoms. The predicted molar refractivity (Wildman–Crippen MR) is 72.5 cm³/mol. The molecule has 1 aromatic carbocycles. The lowest BCUT2D eigenvalue weighted by atomic mass is 10.2. The smallest absolute Gasteiger partial charge is 0.0585 e. The molecule has 0 saturated heterocycles. The maximum absolute atomic E-state index is 12.0. The van der Waals surface area contributed by atoms with E-state index in [0.717, 1.165) is 10.5 Å². The number of nitrogens with two attached hydrogens (primary N) is 1. The zero-order valence-corrected chi connectivity index (χ0v) is 11.5. The van der Waals surface area contributed by atoms with E-state index in [2.05, 4.69) is 13.8 Å². The Morgan fingerprint density at radius 1 is 1.41 bits per heavy atom. The number of anilines is 1. The number of hydrogen-bond acceptors (Lipinski definition) is 3. The second-order valence-electron chi connectivity index (χ2n) is 4.49. The first-order valence-electron chi connectivity index (χ1n) is 5.83. The summed E-state index contributed by atoms with van der Waals surface area (Å²) in [6.45, 7) is 7.34. The summed E-state index contributed by atoms with van der Waals surface area (Å²) in [6, 6.07) is 5.53. The molecule has 3 nitrogen and oxygen atoms in total. The number of rotatable bonds is 6. The van der Waals surface area contributed by atoms with Gasteiger partial charge in [0.15, 0.2) is 0 Å². The van der Waals surface area contributed by atoms with Crippen molar-refractivity contribution in [1.82, 2.24) is 0 Å². The molecule has 1 unspecified atom stereocenters. The van der Waals surface area contributed by atoms with Crippen molar-refractivity contribution in [3.05, 3.63) is 23.8 Å². The van der Waals surface area contributed by atoms with Crippen LogP contribution in [0.3, 0.4) is 0 Å². The van der Waals surface area contributed by atoms with Crippen LogP contribution in [0.5, 0.6) is 0 Å². The lowest BCUT2D eigenvalue weighted by Crippen LogP contribution is -2.11. The molecule has 0 spiro atoms. The second-order valence-corrected chi connectivity index (χ2v) is 6.03. The topological polar surface area (TPSA) is 52.3 Å². The summed E-state index contributed by atoms with van der Waals surface area (Å²) < 4.78 is 17.5. The van der Waals surface area contributed by atoms with Crippen LogP contribution >= 0.6 is 0 Å². The zero-order valence-electron chi connectivity index (χ0n) is 10.7. The van der Waals surface area contributed by atoms with Crippen molar-refractivity contribution in [2.24, 2.45) is 5.92 Å². The van der Waals surface area contributed by atoms with E-state index in [4.69, 9.17) is 10.5 Å². The molecule has 0 amide bonds. The summed E-state index contributed by atoms with van der Waals surface area (Å²) in [5.41, 5.74) is 7.39. The minimum absolute atomic E-state index is 0.512. The first-order valence-corrected chi connectivity index (χ1v) is 7.15. The van der Waals surface area contributed by atoms with Crippen molar-refractivity contribution >= 4 is 16.5 Å². The molecule has 4 heteroatoms. The second kappa shape index (κ2) is 6.77. The third kappa shape index (κ3) is 4.48. The first kappa shape index (κ1) is 14.2. The van der Waals surface area contributed by atoms with E-state index in [9.17, 15) is 4.21 Å². The fourth-order valence-electron chi connectivity index (χ4n) is 1.44. The molecular weight excluding hydrogens is 234 g/mol. The number of ether oxygens (including phenoxy) is 1. The van der Waals surface area contributed by atoms with Gasteiger partial charge in [-0.15, -0.1) is 0 Å². The lowest BCUT2D eigenvalue weighted by Gasteiger charge is -2.09.